The van der Waals surface area contributed by atoms with Crippen molar-refractivity contribution in [3.05, 3.63) is 114 Å². The highest BCUT2D eigenvalue weighted by Gasteiger charge is 2.29. The first-order chi connectivity index (χ1) is 15.8. The fourth-order valence-electron chi connectivity index (χ4n) is 4.70. The Morgan fingerprint density at radius 3 is 2.00 bits per heavy atom. The van der Waals surface area contributed by atoms with Crippen molar-refractivity contribution in [2.45, 2.75) is 6.04 Å². The minimum atomic E-state index is 0.268. The summed E-state index contributed by atoms with van der Waals surface area (Å²) in [7, 11) is 0. The van der Waals surface area contributed by atoms with Crippen LogP contribution < -0.4 is 4.90 Å². The highest BCUT2D eigenvalue weighted by atomic mass is 16.3. The molecule has 4 aromatic carbocycles. The van der Waals surface area contributed by atoms with Crippen LogP contribution in [0.15, 0.2) is 102 Å². The predicted molar refractivity (Wildman–Crippen MR) is 130 cm³/mol. The molecule has 1 aliphatic rings. The Labute approximate surface area is 189 Å². The molecule has 1 fully saturated rings. The van der Waals surface area contributed by atoms with Crippen LogP contribution in [0.2, 0.25) is 0 Å². The molecule has 2 N–H and O–H groups in total. The number of phenols is 1. The molecule has 4 aromatic rings. The molecule has 0 atom stereocenters. The summed E-state index contributed by atoms with van der Waals surface area (Å²) in [6.07, 6.45) is 1.81. The lowest BCUT2D eigenvalue weighted by atomic mass is 9.96. The number of hydrogen-bond acceptors (Lipinski definition) is 3. The minimum Gasteiger partial charge on any atom is -0.507 e. The third kappa shape index (κ3) is 4.23. The van der Waals surface area contributed by atoms with Crippen LogP contribution in [0, 0.1) is 0 Å². The van der Waals surface area contributed by atoms with Crippen LogP contribution in [-0.2, 0) is 0 Å². The standard InChI is InChI=1S/C28H27N3O/c32-27-16-15-22-9-7-8-14-25(22)26(27)21-29-31-19-17-30(18-20-31)28(23-10-3-1-4-11-23)24-12-5-2-6-13-24/h1-16,21,28,32H,17-20H2/p+1/b29-21+. The number of rotatable bonds is 5. The minimum absolute atomic E-state index is 0.268. The molecule has 4 heteroatoms. The maximum Gasteiger partial charge on any atom is 0.139 e. The summed E-state index contributed by atoms with van der Waals surface area (Å²) in [5.41, 5.74) is 3.49. The number of piperazine rings is 1. The second kappa shape index (κ2) is 9.25. The summed E-state index contributed by atoms with van der Waals surface area (Å²) in [6.45, 7) is 3.78. The van der Waals surface area contributed by atoms with Crippen molar-refractivity contribution in [3.63, 3.8) is 0 Å². The Balaban J connectivity index is 1.33. The first-order valence-electron chi connectivity index (χ1n) is 11.2. The summed E-state index contributed by atoms with van der Waals surface area (Å²) < 4.78 is 0. The van der Waals surface area contributed by atoms with Crippen molar-refractivity contribution in [2.75, 3.05) is 26.2 Å². The van der Waals surface area contributed by atoms with E-state index in [0.717, 1.165) is 42.5 Å². The van der Waals surface area contributed by atoms with Gasteiger partial charge in [0.25, 0.3) is 0 Å². The van der Waals surface area contributed by atoms with E-state index in [1.165, 1.54) is 11.1 Å². The summed E-state index contributed by atoms with van der Waals surface area (Å²) >= 11 is 0. The molecule has 5 rings (SSSR count). The summed E-state index contributed by atoms with van der Waals surface area (Å²) in [5.74, 6) is 0.268. The van der Waals surface area contributed by atoms with Crippen LogP contribution in [0.5, 0.6) is 5.75 Å². The molecule has 1 aliphatic heterocycles. The number of nitrogens with one attached hydrogen (secondary N) is 1. The first-order valence-corrected chi connectivity index (χ1v) is 11.2. The molecule has 0 spiro atoms. The van der Waals surface area contributed by atoms with E-state index in [-0.39, 0.29) is 5.75 Å². The molecule has 0 unspecified atom stereocenters. The number of nitrogens with zero attached hydrogens (tertiary/aromatic N) is 2. The van der Waals surface area contributed by atoms with Crippen LogP contribution in [-0.4, -0.2) is 42.5 Å². The van der Waals surface area contributed by atoms with Gasteiger partial charge < -0.3 is 10.0 Å². The Hall–Kier alpha value is -3.63. The molecule has 0 bridgehead atoms. The van der Waals surface area contributed by atoms with Crippen molar-refractivity contribution in [1.29, 1.82) is 0 Å². The average Bonchev–Trinajstić information content (AvgIpc) is 2.86. The third-order valence-electron chi connectivity index (χ3n) is 6.35. The number of hydrogen-bond donors (Lipinski definition) is 2. The van der Waals surface area contributed by atoms with Gasteiger partial charge in [0, 0.05) is 16.7 Å². The zero-order valence-corrected chi connectivity index (χ0v) is 18.1. The van der Waals surface area contributed by atoms with Crippen LogP contribution >= 0.6 is 0 Å². The topological polar surface area (TPSA) is 40.3 Å². The molecule has 1 saturated heterocycles. The van der Waals surface area contributed by atoms with Gasteiger partial charge in [-0.2, -0.15) is 5.10 Å². The SMILES string of the molecule is Oc1ccc2ccccc2c1/C=N/N1CC[NH+](C(c2ccccc2)c2ccccc2)CC1. The van der Waals surface area contributed by atoms with Gasteiger partial charge >= 0.3 is 0 Å². The van der Waals surface area contributed by atoms with E-state index in [1.807, 2.05) is 30.5 Å². The lowest BCUT2D eigenvalue weighted by molar-refractivity contribution is -0.929. The van der Waals surface area contributed by atoms with E-state index in [1.54, 1.807) is 11.0 Å². The van der Waals surface area contributed by atoms with Gasteiger partial charge in [0.15, 0.2) is 0 Å². The van der Waals surface area contributed by atoms with Gasteiger partial charge in [-0.15, -0.1) is 0 Å². The fraction of sp³-hybridized carbons (Fsp3) is 0.179. The number of quaternary nitrogens is 1. The van der Waals surface area contributed by atoms with Gasteiger partial charge in [-0.05, 0) is 16.8 Å². The van der Waals surface area contributed by atoms with Gasteiger partial charge in [-0.25, -0.2) is 0 Å². The van der Waals surface area contributed by atoms with Crippen molar-refractivity contribution >= 4 is 17.0 Å². The molecular weight excluding hydrogens is 394 g/mol. The van der Waals surface area contributed by atoms with Crippen molar-refractivity contribution in [2.24, 2.45) is 5.10 Å². The Bertz CT molecular complexity index is 1160. The van der Waals surface area contributed by atoms with Crippen molar-refractivity contribution in [3.8, 4) is 5.75 Å². The van der Waals surface area contributed by atoms with Crippen molar-refractivity contribution < 1.29 is 10.0 Å². The summed E-state index contributed by atoms with van der Waals surface area (Å²) in [4.78, 5) is 1.56. The van der Waals surface area contributed by atoms with Crippen LogP contribution in [0.3, 0.4) is 0 Å². The summed E-state index contributed by atoms with van der Waals surface area (Å²) in [5, 5.41) is 19.4. The predicted octanol–water partition coefficient (Wildman–Crippen LogP) is 3.87. The number of hydrazone groups is 1. The maximum atomic E-state index is 10.4. The number of aromatic hydroxyl groups is 1. The zero-order valence-electron chi connectivity index (χ0n) is 18.1. The number of phenolic OH excluding ortho intramolecular Hbond substituents is 1. The lowest BCUT2D eigenvalue weighted by Crippen LogP contribution is -3.15. The van der Waals surface area contributed by atoms with E-state index in [0.29, 0.717) is 6.04 Å². The molecule has 0 amide bonds. The largest absolute Gasteiger partial charge is 0.507 e. The Morgan fingerprint density at radius 1 is 0.750 bits per heavy atom. The Kier molecular flexibility index (Phi) is 5.86. The molecule has 0 aromatic heterocycles. The van der Waals surface area contributed by atoms with E-state index in [9.17, 15) is 5.11 Å². The molecular formula is C28H28N3O+. The number of benzene rings is 4. The maximum absolute atomic E-state index is 10.4. The molecule has 1 heterocycles. The van der Waals surface area contributed by atoms with E-state index < -0.39 is 0 Å². The normalized spacial score (nSPS) is 15.1. The molecule has 32 heavy (non-hydrogen) atoms. The van der Waals surface area contributed by atoms with E-state index >= 15 is 0 Å². The number of fused-ring (bicyclic) bond motifs is 1. The van der Waals surface area contributed by atoms with Crippen LogP contribution in [0.1, 0.15) is 22.7 Å². The van der Waals surface area contributed by atoms with Crippen molar-refractivity contribution in [1.82, 2.24) is 5.01 Å². The van der Waals surface area contributed by atoms with Gasteiger partial charge in [0.05, 0.1) is 32.4 Å². The average molecular weight is 423 g/mol. The Morgan fingerprint density at radius 2 is 1.34 bits per heavy atom. The second-order valence-electron chi connectivity index (χ2n) is 8.33. The van der Waals surface area contributed by atoms with E-state index in [2.05, 4.69) is 71.7 Å². The lowest BCUT2D eigenvalue weighted by Gasteiger charge is -2.36. The van der Waals surface area contributed by atoms with Gasteiger partial charge in [0.2, 0.25) is 0 Å². The second-order valence-corrected chi connectivity index (χ2v) is 8.33. The van der Waals surface area contributed by atoms with Gasteiger partial charge in [0.1, 0.15) is 11.8 Å². The molecule has 160 valence electrons. The van der Waals surface area contributed by atoms with Gasteiger partial charge in [-0.1, -0.05) is 91.0 Å². The fourth-order valence-corrected chi connectivity index (χ4v) is 4.70. The monoisotopic (exact) mass is 422 g/mol. The third-order valence-corrected chi connectivity index (χ3v) is 6.35. The molecule has 0 saturated carbocycles. The van der Waals surface area contributed by atoms with E-state index in [4.69, 9.17) is 5.10 Å². The van der Waals surface area contributed by atoms with Crippen LogP contribution in [0.4, 0.5) is 0 Å². The smallest absolute Gasteiger partial charge is 0.139 e. The quantitative estimate of drug-likeness (QED) is 0.480. The zero-order chi connectivity index (χ0) is 21.8. The van der Waals surface area contributed by atoms with Crippen LogP contribution in [0.25, 0.3) is 10.8 Å². The highest BCUT2D eigenvalue weighted by molar-refractivity contribution is 6.02. The van der Waals surface area contributed by atoms with Gasteiger partial charge in [-0.3, -0.25) is 5.01 Å². The molecule has 4 nitrogen and oxygen atoms in total. The first kappa shape index (κ1) is 20.3. The highest BCUT2D eigenvalue weighted by Crippen LogP contribution is 2.25. The molecule has 0 aliphatic carbocycles. The summed E-state index contributed by atoms with van der Waals surface area (Å²) in [6, 6.07) is 33.7. The molecule has 0 radical (unpaired) electrons.